The highest BCUT2D eigenvalue weighted by atomic mass is 16.5. The fourth-order valence-electron chi connectivity index (χ4n) is 3.35. The number of imidazole rings is 1. The molecule has 0 aliphatic heterocycles. The Hall–Kier alpha value is -4.14. The molecule has 0 bridgehead atoms. The van der Waals surface area contributed by atoms with Gasteiger partial charge in [0.2, 0.25) is 11.8 Å². The zero-order valence-corrected chi connectivity index (χ0v) is 18.9. The second kappa shape index (κ2) is 8.42. The largest absolute Gasteiger partial charge is 0.478 e. The minimum Gasteiger partial charge on any atom is -0.478 e. The Morgan fingerprint density at radius 2 is 1.91 bits per heavy atom. The zero-order chi connectivity index (χ0) is 23.8. The van der Waals surface area contributed by atoms with Crippen molar-refractivity contribution in [3.05, 3.63) is 71.8 Å². The number of hydrogen-bond acceptors (Lipinski definition) is 5. The molecule has 0 saturated heterocycles. The number of carbonyl (C=O) groups is 2. The lowest BCUT2D eigenvalue weighted by Gasteiger charge is -2.18. The molecule has 0 aliphatic rings. The molecule has 0 spiro atoms. The maximum absolute atomic E-state index is 12.5. The first-order chi connectivity index (χ1) is 15.6. The number of fused-ring (bicyclic) bond motifs is 1. The van der Waals surface area contributed by atoms with E-state index >= 15 is 0 Å². The van der Waals surface area contributed by atoms with Crippen molar-refractivity contribution in [3.8, 4) is 11.6 Å². The number of carbonyl (C=O) groups excluding carboxylic acids is 1. The number of hydrogen-bond donors (Lipinski definition) is 2. The Bertz CT molecular complexity index is 1350. The second-order valence-corrected chi connectivity index (χ2v) is 8.82. The first kappa shape index (κ1) is 22.1. The number of pyridine rings is 1. The van der Waals surface area contributed by atoms with Crippen molar-refractivity contribution >= 4 is 23.2 Å². The van der Waals surface area contributed by atoms with E-state index in [2.05, 4.69) is 15.4 Å². The summed E-state index contributed by atoms with van der Waals surface area (Å²) in [6, 6.07) is 8.62. The third-order valence-electron chi connectivity index (χ3n) is 5.09. The van der Waals surface area contributed by atoms with Crippen LogP contribution < -0.4 is 10.1 Å². The van der Waals surface area contributed by atoms with Gasteiger partial charge in [-0.1, -0.05) is 12.1 Å². The van der Waals surface area contributed by atoms with Crippen molar-refractivity contribution in [2.75, 3.05) is 5.32 Å². The van der Waals surface area contributed by atoms with Gasteiger partial charge in [-0.15, -0.1) is 0 Å². The van der Waals surface area contributed by atoms with E-state index in [1.807, 2.05) is 46.0 Å². The van der Waals surface area contributed by atoms with Crippen LogP contribution in [0.5, 0.6) is 11.6 Å². The van der Waals surface area contributed by atoms with Crippen LogP contribution in [0.1, 0.15) is 42.3 Å². The van der Waals surface area contributed by atoms with E-state index < -0.39 is 5.97 Å². The predicted octanol–water partition coefficient (Wildman–Crippen LogP) is 4.27. The number of amides is 1. The number of nitrogens with one attached hydrogen (secondary N) is 1. The molecular formula is C24H25N5O4. The molecule has 0 radical (unpaired) electrons. The first-order valence-electron chi connectivity index (χ1n) is 10.4. The Kier molecular flexibility index (Phi) is 5.63. The van der Waals surface area contributed by atoms with E-state index in [4.69, 9.17) is 4.74 Å². The van der Waals surface area contributed by atoms with Crippen molar-refractivity contribution in [1.82, 2.24) is 19.2 Å². The minimum atomic E-state index is -1.03. The molecule has 0 fully saturated rings. The normalized spacial score (nSPS) is 11.5. The average Bonchev–Trinajstić information content (AvgIpc) is 3.36. The fourth-order valence-corrected chi connectivity index (χ4v) is 3.35. The number of benzene rings is 1. The van der Waals surface area contributed by atoms with Crippen molar-refractivity contribution < 1.29 is 19.4 Å². The molecule has 0 aliphatic carbocycles. The zero-order valence-electron chi connectivity index (χ0n) is 18.9. The molecule has 3 heterocycles. The lowest BCUT2D eigenvalue weighted by molar-refractivity contribution is -0.115. The van der Waals surface area contributed by atoms with E-state index in [-0.39, 0.29) is 23.4 Å². The predicted molar refractivity (Wildman–Crippen MR) is 123 cm³/mol. The van der Waals surface area contributed by atoms with Crippen LogP contribution >= 0.6 is 0 Å². The van der Waals surface area contributed by atoms with Gasteiger partial charge in [0.1, 0.15) is 11.4 Å². The second-order valence-electron chi connectivity index (χ2n) is 8.82. The van der Waals surface area contributed by atoms with Gasteiger partial charge >= 0.3 is 5.97 Å². The molecule has 4 aromatic rings. The maximum atomic E-state index is 12.5. The van der Waals surface area contributed by atoms with Crippen molar-refractivity contribution in [2.45, 2.75) is 39.7 Å². The number of anilines is 1. The summed E-state index contributed by atoms with van der Waals surface area (Å²) < 4.78 is 9.37. The lowest BCUT2D eigenvalue weighted by atomic mass is 10.1. The van der Waals surface area contributed by atoms with Crippen LogP contribution in [-0.2, 0) is 16.8 Å². The summed E-state index contributed by atoms with van der Waals surface area (Å²) in [5.74, 6) is -0.175. The highest BCUT2D eigenvalue weighted by molar-refractivity contribution is 5.92. The minimum absolute atomic E-state index is 0.136. The molecule has 170 valence electrons. The number of ether oxygens (including phenoxy) is 1. The standard InChI is InChI=1S/C24H25N5O4/c1-15-9-16(10-21(30)27-18-11-26-29(14-18)24(2,3)4)5-7-19(15)33-22-12-25-20-8-6-17(23(31)32)13-28(20)22/h5-9,11-14H,10H2,1-4H3,(H,27,30)(H,31,32). The van der Waals surface area contributed by atoms with Gasteiger partial charge in [0, 0.05) is 12.4 Å². The SMILES string of the molecule is Cc1cc(CC(=O)Nc2cnn(C(C)(C)C)c2)ccc1Oc1cnc2ccc(C(=O)O)cn12. The summed E-state index contributed by atoms with van der Waals surface area (Å²) in [5.41, 5.74) is 2.88. The van der Waals surface area contributed by atoms with Crippen molar-refractivity contribution in [2.24, 2.45) is 0 Å². The number of nitrogens with zero attached hydrogens (tertiary/aromatic N) is 4. The smallest absolute Gasteiger partial charge is 0.337 e. The van der Waals surface area contributed by atoms with E-state index in [0.717, 1.165) is 11.1 Å². The van der Waals surface area contributed by atoms with Gasteiger partial charge in [0.25, 0.3) is 0 Å². The van der Waals surface area contributed by atoms with Gasteiger partial charge in [-0.3, -0.25) is 13.9 Å². The molecule has 1 amide bonds. The van der Waals surface area contributed by atoms with Gasteiger partial charge < -0.3 is 15.2 Å². The van der Waals surface area contributed by atoms with Crippen molar-refractivity contribution in [1.29, 1.82) is 0 Å². The Morgan fingerprint density at radius 3 is 2.58 bits per heavy atom. The number of aromatic nitrogens is 4. The summed E-state index contributed by atoms with van der Waals surface area (Å²) in [6.07, 6.45) is 6.66. The highest BCUT2D eigenvalue weighted by Gasteiger charge is 2.15. The van der Waals surface area contributed by atoms with Crippen LogP contribution in [-0.4, -0.2) is 36.1 Å². The summed E-state index contributed by atoms with van der Waals surface area (Å²) in [7, 11) is 0. The Labute approximate surface area is 190 Å². The number of carboxylic acids is 1. The average molecular weight is 447 g/mol. The molecular weight excluding hydrogens is 422 g/mol. The number of rotatable bonds is 6. The van der Waals surface area contributed by atoms with E-state index in [9.17, 15) is 14.7 Å². The molecule has 0 saturated carbocycles. The van der Waals surface area contributed by atoms with Gasteiger partial charge in [-0.25, -0.2) is 9.78 Å². The van der Waals surface area contributed by atoms with E-state index in [0.29, 0.717) is 23.0 Å². The first-order valence-corrected chi connectivity index (χ1v) is 10.4. The summed E-state index contributed by atoms with van der Waals surface area (Å²) in [6.45, 7) is 8.00. The third kappa shape index (κ3) is 4.87. The Morgan fingerprint density at radius 1 is 1.12 bits per heavy atom. The number of carboxylic acid groups (broad SMARTS) is 1. The quantitative estimate of drug-likeness (QED) is 0.457. The molecule has 4 rings (SSSR count). The summed E-state index contributed by atoms with van der Waals surface area (Å²) >= 11 is 0. The molecule has 0 atom stereocenters. The van der Waals surface area contributed by atoms with Crippen LogP contribution in [0, 0.1) is 6.92 Å². The van der Waals surface area contributed by atoms with Gasteiger partial charge in [0.15, 0.2) is 0 Å². The van der Waals surface area contributed by atoms with Crippen LogP contribution in [0.3, 0.4) is 0 Å². The van der Waals surface area contributed by atoms with E-state index in [1.54, 1.807) is 33.6 Å². The van der Waals surface area contributed by atoms with Crippen LogP contribution in [0.2, 0.25) is 0 Å². The van der Waals surface area contributed by atoms with Gasteiger partial charge in [-0.2, -0.15) is 5.10 Å². The van der Waals surface area contributed by atoms with Gasteiger partial charge in [-0.05, 0) is 57.0 Å². The molecule has 0 unspecified atom stereocenters. The topological polar surface area (TPSA) is 111 Å². The summed E-state index contributed by atoms with van der Waals surface area (Å²) in [4.78, 5) is 28.0. The van der Waals surface area contributed by atoms with Crippen LogP contribution in [0.4, 0.5) is 5.69 Å². The van der Waals surface area contributed by atoms with Gasteiger partial charge in [0.05, 0.1) is 35.6 Å². The molecule has 9 heteroatoms. The fraction of sp³-hybridized carbons (Fsp3) is 0.250. The molecule has 9 nitrogen and oxygen atoms in total. The molecule has 33 heavy (non-hydrogen) atoms. The number of aryl methyl sites for hydroxylation is 1. The Balaban J connectivity index is 1.45. The van der Waals surface area contributed by atoms with E-state index in [1.165, 1.54) is 12.3 Å². The number of aromatic carboxylic acids is 1. The van der Waals surface area contributed by atoms with Crippen LogP contribution in [0.15, 0.2) is 55.1 Å². The van der Waals surface area contributed by atoms with Crippen LogP contribution in [0.25, 0.3) is 5.65 Å². The third-order valence-corrected chi connectivity index (χ3v) is 5.09. The maximum Gasteiger partial charge on any atom is 0.337 e. The van der Waals surface area contributed by atoms with Crippen molar-refractivity contribution in [3.63, 3.8) is 0 Å². The highest BCUT2D eigenvalue weighted by Crippen LogP contribution is 2.27. The summed E-state index contributed by atoms with van der Waals surface area (Å²) in [5, 5.41) is 16.4. The lowest BCUT2D eigenvalue weighted by Crippen LogP contribution is -2.22. The molecule has 3 aromatic heterocycles. The molecule has 2 N–H and O–H groups in total. The monoisotopic (exact) mass is 447 g/mol. The molecule has 1 aromatic carbocycles.